The summed E-state index contributed by atoms with van der Waals surface area (Å²) in [6.07, 6.45) is 2.53. The zero-order valence-corrected chi connectivity index (χ0v) is 42.6. The molecule has 0 fully saturated rings. The van der Waals surface area contributed by atoms with Crippen molar-refractivity contribution in [2.24, 2.45) is 5.41 Å². The van der Waals surface area contributed by atoms with Crippen LogP contribution in [0.15, 0.2) is 126 Å². The Morgan fingerprint density at radius 2 is 1.31 bits per heavy atom. The molecule has 68 heavy (non-hydrogen) atoms. The van der Waals surface area contributed by atoms with Gasteiger partial charge in [-0.2, -0.15) is 0 Å². The average molecular weight is 915 g/mol. The fourth-order valence-electron chi connectivity index (χ4n) is 9.68. The van der Waals surface area contributed by atoms with Crippen molar-refractivity contribution in [3.63, 3.8) is 0 Å². The molecule has 0 bridgehead atoms. The Morgan fingerprint density at radius 1 is 0.603 bits per heavy atom. The smallest absolute Gasteiger partial charge is 0.171 e. The molecule has 0 amide bonds. The summed E-state index contributed by atoms with van der Waals surface area (Å²) in [5, 5.41) is 14.8. The van der Waals surface area contributed by atoms with Gasteiger partial charge in [0.05, 0.1) is 37.4 Å². The van der Waals surface area contributed by atoms with E-state index in [4.69, 9.17) is 19.4 Å². The van der Waals surface area contributed by atoms with Crippen LogP contribution in [0, 0.1) is 12.3 Å². The van der Waals surface area contributed by atoms with Gasteiger partial charge in [-0.3, -0.25) is 4.57 Å². The Bertz CT molecular complexity index is 3600. The molecule has 4 heterocycles. The molecule has 1 N–H and O–H groups in total. The van der Waals surface area contributed by atoms with Gasteiger partial charge in [0.15, 0.2) is 5.58 Å². The van der Waals surface area contributed by atoms with Gasteiger partial charge in [-0.1, -0.05) is 162 Å². The summed E-state index contributed by atoms with van der Waals surface area (Å²) in [5.41, 5.74) is 15.2. The first-order valence-corrected chi connectivity index (χ1v) is 24.7. The Kier molecular flexibility index (Phi) is 10.7. The molecule has 0 saturated carbocycles. The highest BCUT2D eigenvalue weighted by molar-refractivity contribution is 7.26. The second kappa shape index (κ2) is 16.0. The molecule has 0 atom stereocenters. The van der Waals surface area contributed by atoms with Gasteiger partial charge in [-0.25, -0.2) is 15.0 Å². The number of fused-ring (bicyclic) bond motifs is 5. The topological polar surface area (TPSA) is 77.0 Å². The van der Waals surface area contributed by atoms with Crippen LogP contribution >= 0.6 is 11.3 Å². The summed E-state index contributed by atoms with van der Waals surface area (Å²) >= 11 is 1.72. The number of furan rings is 1. The van der Waals surface area contributed by atoms with E-state index in [0.29, 0.717) is 11.4 Å². The maximum Gasteiger partial charge on any atom is 0.171 e. The predicted molar refractivity (Wildman–Crippen MR) is 287 cm³/mol. The Balaban J connectivity index is 1.28. The summed E-state index contributed by atoms with van der Waals surface area (Å²) in [4.78, 5) is 15.6. The van der Waals surface area contributed by atoms with Gasteiger partial charge in [0.1, 0.15) is 29.2 Å². The number of rotatable bonds is 6. The molecule has 0 saturated heterocycles. The lowest BCUT2D eigenvalue weighted by molar-refractivity contribution is 0.369. The number of phenols is 1. The Morgan fingerprint density at radius 3 is 2.01 bits per heavy atom. The van der Waals surface area contributed by atoms with Crippen LogP contribution in [0.25, 0.3) is 92.9 Å². The fourth-order valence-corrected chi connectivity index (χ4v) is 10.9. The van der Waals surface area contributed by atoms with Crippen molar-refractivity contribution in [3.8, 4) is 56.3 Å². The van der Waals surface area contributed by atoms with Crippen LogP contribution in [0.1, 0.15) is 111 Å². The zero-order valence-electron chi connectivity index (χ0n) is 41.8. The standard InChI is InChI=1S/C61H62N4O2S/c1-35-49(33-58(2,3)4)67-54-52-56(68-55(35)54)50(62-34-63-52)38-28-37-22-17-18-23-41(37)44(29-38)42-24-19-25-48-51(42)64-57(45-31-40(60(8,9)10)32-46(53(45)66)61(11,12)13)65(48)47-27-26-39(59(5,6)7)30-43(47)36-20-15-14-16-21-36/h14-32,34,66H,33H2,1-13H3. The number of aromatic hydroxyl groups is 1. The largest absolute Gasteiger partial charge is 0.507 e. The predicted octanol–water partition coefficient (Wildman–Crippen LogP) is 17.1. The molecule has 0 unspecified atom stereocenters. The molecule has 0 aliphatic heterocycles. The summed E-state index contributed by atoms with van der Waals surface area (Å²) in [7, 11) is 0. The number of aromatic nitrogens is 4. The third-order valence-corrected chi connectivity index (χ3v) is 14.7. The summed E-state index contributed by atoms with van der Waals surface area (Å²) in [6.45, 7) is 28.9. The lowest BCUT2D eigenvalue weighted by Gasteiger charge is -2.28. The molecule has 7 heteroatoms. The average Bonchev–Trinajstić information content (AvgIpc) is 3.94. The first-order valence-electron chi connectivity index (χ1n) is 23.9. The third kappa shape index (κ3) is 7.88. The normalized spacial score (nSPS) is 12.9. The molecule has 10 aromatic rings. The molecule has 0 spiro atoms. The Labute approximate surface area is 404 Å². The van der Waals surface area contributed by atoms with Crippen molar-refractivity contribution >= 4 is 53.6 Å². The number of hydrogen-bond acceptors (Lipinski definition) is 6. The lowest BCUT2D eigenvalue weighted by Crippen LogP contribution is -2.17. The summed E-state index contributed by atoms with van der Waals surface area (Å²) < 4.78 is 11.1. The van der Waals surface area contributed by atoms with Crippen molar-refractivity contribution in [2.45, 2.75) is 113 Å². The van der Waals surface area contributed by atoms with E-state index >= 15 is 0 Å². The molecule has 344 valence electrons. The van der Waals surface area contributed by atoms with E-state index in [1.165, 1.54) is 11.1 Å². The minimum absolute atomic E-state index is 0.0850. The van der Waals surface area contributed by atoms with Crippen LogP contribution in [0.2, 0.25) is 0 Å². The van der Waals surface area contributed by atoms with Gasteiger partial charge >= 0.3 is 0 Å². The number of para-hydroxylation sites is 1. The second-order valence-corrected chi connectivity index (χ2v) is 24.0. The fraction of sp³-hybridized carbons (Fsp3) is 0.295. The Hall–Kier alpha value is -6.57. The maximum atomic E-state index is 12.6. The highest BCUT2D eigenvalue weighted by atomic mass is 32.1. The summed E-state index contributed by atoms with van der Waals surface area (Å²) in [6, 6.07) is 41.4. The van der Waals surface area contributed by atoms with E-state index in [9.17, 15) is 5.11 Å². The van der Waals surface area contributed by atoms with Crippen LogP contribution in [0.5, 0.6) is 5.75 Å². The molecule has 6 aromatic carbocycles. The minimum atomic E-state index is -0.337. The van der Waals surface area contributed by atoms with Gasteiger partial charge in [-0.05, 0) is 98.0 Å². The van der Waals surface area contributed by atoms with E-state index < -0.39 is 0 Å². The molecule has 0 aliphatic rings. The molecular weight excluding hydrogens is 853 g/mol. The van der Waals surface area contributed by atoms with Gasteiger partial charge in [0, 0.05) is 34.2 Å². The molecule has 6 nitrogen and oxygen atoms in total. The van der Waals surface area contributed by atoms with Crippen LogP contribution in [-0.4, -0.2) is 24.6 Å². The molecule has 0 aliphatic carbocycles. The van der Waals surface area contributed by atoms with E-state index in [1.54, 1.807) is 17.7 Å². The van der Waals surface area contributed by atoms with Crippen molar-refractivity contribution in [1.29, 1.82) is 0 Å². The van der Waals surface area contributed by atoms with Crippen LogP contribution in [-0.2, 0) is 22.7 Å². The second-order valence-electron chi connectivity index (χ2n) is 23.0. The first kappa shape index (κ1) is 45.2. The van der Waals surface area contributed by atoms with Crippen LogP contribution in [0.4, 0.5) is 0 Å². The lowest BCUT2D eigenvalue weighted by atomic mass is 9.79. The van der Waals surface area contributed by atoms with E-state index in [-0.39, 0.29) is 27.4 Å². The van der Waals surface area contributed by atoms with Crippen molar-refractivity contribution in [2.75, 3.05) is 0 Å². The molecule has 10 rings (SSSR count). The highest BCUT2D eigenvalue weighted by Crippen LogP contribution is 2.48. The van der Waals surface area contributed by atoms with Crippen LogP contribution in [0.3, 0.4) is 0 Å². The van der Waals surface area contributed by atoms with E-state index in [2.05, 4.69) is 210 Å². The number of thiophene rings is 1. The van der Waals surface area contributed by atoms with Gasteiger partial charge < -0.3 is 9.52 Å². The zero-order chi connectivity index (χ0) is 48.2. The maximum absolute atomic E-state index is 12.6. The third-order valence-electron chi connectivity index (χ3n) is 13.4. The van der Waals surface area contributed by atoms with Crippen molar-refractivity contribution in [1.82, 2.24) is 19.5 Å². The van der Waals surface area contributed by atoms with Gasteiger partial charge in [-0.15, -0.1) is 11.3 Å². The SMILES string of the molecule is Cc1c(CC(C)(C)C)oc2c1sc1c(-c3cc(-c4cccc5c4nc(-c4cc(C(C)(C)C)cc(C(C)(C)C)c4O)n5-c4ccc(C(C)(C)C)cc4-c4ccccc4)c4ccccc4c3)ncnc12. The van der Waals surface area contributed by atoms with Gasteiger partial charge in [0.25, 0.3) is 0 Å². The number of imidazole rings is 1. The van der Waals surface area contributed by atoms with Crippen LogP contribution < -0.4 is 0 Å². The molecule has 0 radical (unpaired) electrons. The van der Waals surface area contributed by atoms with E-state index in [1.807, 2.05) is 0 Å². The quantitative estimate of drug-likeness (QED) is 0.180. The van der Waals surface area contributed by atoms with Gasteiger partial charge in [0.2, 0.25) is 0 Å². The van der Waals surface area contributed by atoms with Crippen molar-refractivity contribution < 1.29 is 9.52 Å². The van der Waals surface area contributed by atoms with E-state index in [0.717, 1.165) is 105 Å². The minimum Gasteiger partial charge on any atom is -0.507 e. The summed E-state index contributed by atoms with van der Waals surface area (Å²) in [5.74, 6) is 1.95. The number of nitrogens with zero attached hydrogens (tertiary/aromatic N) is 4. The first-order chi connectivity index (χ1) is 32.1. The van der Waals surface area contributed by atoms with Crippen molar-refractivity contribution in [3.05, 3.63) is 150 Å². The molecule has 4 aromatic heterocycles. The number of hydrogen-bond donors (Lipinski definition) is 1. The number of phenolic OH excluding ortho intramolecular Hbond substituents is 1. The number of benzene rings is 6. The number of aryl methyl sites for hydroxylation is 1. The molecular formula is C61H62N4O2S. The highest BCUT2D eigenvalue weighted by Gasteiger charge is 2.30. The monoisotopic (exact) mass is 914 g/mol.